The van der Waals surface area contributed by atoms with Gasteiger partial charge >= 0.3 is 0 Å². The van der Waals surface area contributed by atoms with Crippen LogP contribution in [0.5, 0.6) is 5.75 Å². The molecule has 0 atom stereocenters. The Morgan fingerprint density at radius 3 is 2.13 bits per heavy atom. The van der Waals surface area contributed by atoms with E-state index in [1.165, 1.54) is 22.5 Å². The van der Waals surface area contributed by atoms with Crippen molar-refractivity contribution in [1.82, 2.24) is 15.2 Å². The van der Waals surface area contributed by atoms with Crippen LogP contribution < -0.4 is 15.6 Å². The molecule has 0 radical (unpaired) electrons. The molecular formula is C21H26ClN3O5S. The SMILES string of the molecule is CCN(CC)S(=O)(=O)c1ccc(Cl)c(C(=O)NNC(=O)c2ccc(OC(C)C)cc2)c1. The van der Waals surface area contributed by atoms with Gasteiger partial charge in [0.25, 0.3) is 11.8 Å². The molecule has 0 fully saturated rings. The Balaban J connectivity index is 2.12. The largest absolute Gasteiger partial charge is 0.491 e. The maximum Gasteiger partial charge on any atom is 0.271 e. The van der Waals surface area contributed by atoms with Gasteiger partial charge in [-0.15, -0.1) is 0 Å². The third kappa shape index (κ3) is 6.19. The van der Waals surface area contributed by atoms with Crippen molar-refractivity contribution in [1.29, 1.82) is 0 Å². The third-order valence-corrected chi connectivity index (χ3v) is 6.68. The van der Waals surface area contributed by atoms with Gasteiger partial charge in [0.05, 0.1) is 21.6 Å². The molecule has 2 N–H and O–H groups in total. The topological polar surface area (TPSA) is 105 Å². The molecule has 0 saturated carbocycles. The van der Waals surface area contributed by atoms with Crippen molar-refractivity contribution in [2.45, 2.75) is 38.7 Å². The number of carbonyl (C=O) groups excluding carboxylic acids is 2. The van der Waals surface area contributed by atoms with E-state index in [1.54, 1.807) is 38.1 Å². The summed E-state index contributed by atoms with van der Waals surface area (Å²) >= 11 is 6.08. The van der Waals surface area contributed by atoms with Gasteiger partial charge in [0, 0.05) is 18.7 Å². The zero-order valence-electron chi connectivity index (χ0n) is 17.8. The summed E-state index contributed by atoms with van der Waals surface area (Å²) in [6, 6.07) is 10.3. The fraction of sp³-hybridized carbons (Fsp3) is 0.333. The van der Waals surface area contributed by atoms with Gasteiger partial charge in [0.1, 0.15) is 5.75 Å². The predicted octanol–water partition coefficient (Wildman–Crippen LogP) is 3.23. The van der Waals surface area contributed by atoms with E-state index in [0.717, 1.165) is 0 Å². The zero-order valence-corrected chi connectivity index (χ0v) is 19.4. The van der Waals surface area contributed by atoms with Crippen molar-refractivity contribution >= 4 is 33.4 Å². The van der Waals surface area contributed by atoms with E-state index in [9.17, 15) is 18.0 Å². The molecule has 0 aliphatic carbocycles. The number of sulfonamides is 1. The Kier molecular flexibility index (Phi) is 8.43. The van der Waals surface area contributed by atoms with E-state index < -0.39 is 21.8 Å². The molecule has 31 heavy (non-hydrogen) atoms. The highest BCUT2D eigenvalue weighted by Gasteiger charge is 2.24. The lowest BCUT2D eigenvalue weighted by atomic mass is 10.2. The van der Waals surface area contributed by atoms with Crippen LogP contribution in [0.4, 0.5) is 0 Å². The van der Waals surface area contributed by atoms with Gasteiger partial charge < -0.3 is 4.74 Å². The van der Waals surface area contributed by atoms with Crippen molar-refractivity contribution in [2.24, 2.45) is 0 Å². The molecule has 0 aliphatic rings. The molecule has 0 aromatic heterocycles. The Bertz CT molecular complexity index is 1040. The van der Waals surface area contributed by atoms with Gasteiger partial charge in [-0.3, -0.25) is 20.4 Å². The van der Waals surface area contributed by atoms with Crippen LogP contribution in [0, 0.1) is 0 Å². The first-order valence-electron chi connectivity index (χ1n) is 9.77. The third-order valence-electron chi connectivity index (χ3n) is 4.30. The molecule has 8 nitrogen and oxygen atoms in total. The lowest BCUT2D eigenvalue weighted by molar-refractivity contribution is 0.0846. The summed E-state index contributed by atoms with van der Waals surface area (Å²) in [5, 5.41) is 0.0560. The molecule has 0 unspecified atom stereocenters. The number of nitrogens with zero attached hydrogens (tertiary/aromatic N) is 1. The minimum Gasteiger partial charge on any atom is -0.491 e. The van der Waals surface area contributed by atoms with Crippen molar-refractivity contribution < 1.29 is 22.7 Å². The van der Waals surface area contributed by atoms with E-state index in [-0.39, 0.29) is 21.6 Å². The van der Waals surface area contributed by atoms with Crippen LogP contribution in [0.15, 0.2) is 47.4 Å². The zero-order chi connectivity index (χ0) is 23.2. The number of carbonyl (C=O) groups is 2. The standard InChI is InChI=1S/C21H26ClN3O5S/c1-5-25(6-2)31(28,29)17-11-12-19(22)18(13-17)21(27)24-23-20(26)15-7-9-16(10-8-15)30-14(3)4/h7-14H,5-6H2,1-4H3,(H,23,26)(H,24,27). The number of benzene rings is 2. The molecule has 0 bridgehead atoms. The lowest BCUT2D eigenvalue weighted by Gasteiger charge is -2.19. The summed E-state index contributed by atoms with van der Waals surface area (Å²) in [7, 11) is -3.77. The normalized spacial score (nSPS) is 11.5. The molecule has 2 aromatic rings. The maximum atomic E-state index is 12.7. The Labute approximate surface area is 187 Å². The second-order valence-corrected chi connectivity index (χ2v) is 9.18. The highest BCUT2D eigenvalue weighted by atomic mass is 35.5. The minimum atomic E-state index is -3.77. The summed E-state index contributed by atoms with van der Waals surface area (Å²) in [5.41, 5.74) is 4.78. The molecule has 0 aliphatic heterocycles. The molecular weight excluding hydrogens is 442 g/mol. The van der Waals surface area contributed by atoms with Crippen LogP contribution in [0.2, 0.25) is 5.02 Å². The molecule has 168 valence electrons. The predicted molar refractivity (Wildman–Crippen MR) is 119 cm³/mol. The number of hydrogen-bond acceptors (Lipinski definition) is 5. The van der Waals surface area contributed by atoms with Gasteiger partial charge in [-0.2, -0.15) is 4.31 Å². The van der Waals surface area contributed by atoms with Crippen LogP contribution in [0.1, 0.15) is 48.4 Å². The van der Waals surface area contributed by atoms with E-state index in [2.05, 4.69) is 10.9 Å². The first-order chi connectivity index (χ1) is 14.6. The second-order valence-electron chi connectivity index (χ2n) is 6.83. The highest BCUT2D eigenvalue weighted by molar-refractivity contribution is 7.89. The molecule has 0 saturated heterocycles. The monoisotopic (exact) mass is 467 g/mol. The number of nitrogens with one attached hydrogen (secondary N) is 2. The molecule has 2 rings (SSSR count). The van der Waals surface area contributed by atoms with Gasteiger partial charge in [-0.1, -0.05) is 25.4 Å². The van der Waals surface area contributed by atoms with Crippen LogP contribution >= 0.6 is 11.6 Å². The summed E-state index contributed by atoms with van der Waals surface area (Å²) in [4.78, 5) is 24.8. The van der Waals surface area contributed by atoms with Crippen molar-refractivity contribution in [3.8, 4) is 5.75 Å². The molecule has 2 aromatic carbocycles. The van der Waals surface area contributed by atoms with E-state index in [1.807, 2.05) is 13.8 Å². The number of hydrogen-bond donors (Lipinski definition) is 2. The molecule has 2 amide bonds. The van der Waals surface area contributed by atoms with Crippen LogP contribution in [-0.2, 0) is 10.0 Å². The number of amides is 2. The summed E-state index contributed by atoms with van der Waals surface area (Å²) in [5.74, 6) is -0.671. The molecule has 10 heteroatoms. The van der Waals surface area contributed by atoms with E-state index in [0.29, 0.717) is 24.4 Å². The van der Waals surface area contributed by atoms with Gasteiger partial charge in [0.2, 0.25) is 10.0 Å². The van der Waals surface area contributed by atoms with Crippen LogP contribution in [0.3, 0.4) is 0 Å². The number of ether oxygens (including phenoxy) is 1. The van der Waals surface area contributed by atoms with E-state index in [4.69, 9.17) is 16.3 Å². The Morgan fingerprint density at radius 2 is 1.58 bits per heavy atom. The van der Waals surface area contributed by atoms with Crippen molar-refractivity contribution in [3.05, 3.63) is 58.6 Å². The highest BCUT2D eigenvalue weighted by Crippen LogP contribution is 2.23. The smallest absolute Gasteiger partial charge is 0.271 e. The lowest BCUT2D eigenvalue weighted by Crippen LogP contribution is -2.41. The van der Waals surface area contributed by atoms with Gasteiger partial charge in [0.15, 0.2) is 0 Å². The summed E-state index contributed by atoms with van der Waals surface area (Å²) < 4.78 is 32.2. The first kappa shape index (κ1) is 24.6. The number of hydrazine groups is 1. The average Bonchev–Trinajstić information content (AvgIpc) is 2.72. The number of rotatable bonds is 8. The second kappa shape index (κ2) is 10.6. The quantitative estimate of drug-likeness (QED) is 0.580. The fourth-order valence-electron chi connectivity index (χ4n) is 2.76. The van der Waals surface area contributed by atoms with Crippen molar-refractivity contribution in [3.63, 3.8) is 0 Å². The van der Waals surface area contributed by atoms with Crippen molar-refractivity contribution in [2.75, 3.05) is 13.1 Å². The van der Waals surface area contributed by atoms with Gasteiger partial charge in [-0.25, -0.2) is 8.42 Å². The fourth-order valence-corrected chi connectivity index (χ4v) is 4.45. The maximum absolute atomic E-state index is 12.7. The van der Waals surface area contributed by atoms with E-state index >= 15 is 0 Å². The van der Waals surface area contributed by atoms with Crippen LogP contribution in [-0.4, -0.2) is 43.7 Å². The Morgan fingerprint density at radius 1 is 1.00 bits per heavy atom. The Hall–Kier alpha value is -2.62. The number of halogens is 1. The van der Waals surface area contributed by atoms with Gasteiger partial charge in [-0.05, 0) is 56.3 Å². The molecule has 0 heterocycles. The minimum absolute atomic E-state index is 0.00465. The summed E-state index contributed by atoms with van der Waals surface area (Å²) in [6.07, 6.45) is 0.00465. The first-order valence-corrected chi connectivity index (χ1v) is 11.6. The average molecular weight is 468 g/mol. The molecule has 0 spiro atoms. The van der Waals surface area contributed by atoms with Crippen LogP contribution in [0.25, 0.3) is 0 Å². The summed E-state index contributed by atoms with van der Waals surface area (Å²) in [6.45, 7) is 7.82.